The average Bonchev–Trinajstić information content (AvgIpc) is 3.19. The van der Waals surface area contributed by atoms with E-state index in [0.717, 1.165) is 77.4 Å². The van der Waals surface area contributed by atoms with E-state index >= 15 is 0 Å². The molecule has 0 bridgehead atoms. The zero-order valence-corrected chi connectivity index (χ0v) is 22.1. The summed E-state index contributed by atoms with van der Waals surface area (Å²) in [6, 6.07) is 0. The molecule has 3 aliphatic rings. The molecule has 10 heteroatoms. The second kappa shape index (κ2) is 16.5. The number of nitrogens with one attached hydrogen (secondary N) is 1. The Hall–Kier alpha value is -1.30. The molecular formula is C26H44N2O7S. The van der Waals surface area contributed by atoms with Gasteiger partial charge >= 0.3 is 0 Å². The minimum atomic E-state index is -0.200. The molecule has 36 heavy (non-hydrogen) atoms. The van der Waals surface area contributed by atoms with Crippen LogP contribution in [0, 0.1) is 11.8 Å². The van der Waals surface area contributed by atoms with Gasteiger partial charge in [-0.05, 0) is 75.9 Å². The van der Waals surface area contributed by atoms with Crippen LogP contribution in [-0.4, -0.2) is 73.9 Å². The number of hydrogen-bond donors (Lipinski definition) is 3. The van der Waals surface area contributed by atoms with Gasteiger partial charge in [0.15, 0.2) is 12.6 Å². The molecule has 2 aliphatic heterocycles. The summed E-state index contributed by atoms with van der Waals surface area (Å²) in [5, 5.41) is 11.5. The first-order valence-electron chi connectivity index (χ1n) is 13.6. The quantitative estimate of drug-likeness (QED) is 0.177. The van der Waals surface area contributed by atoms with Gasteiger partial charge in [-0.15, -0.1) is 0 Å². The van der Waals surface area contributed by atoms with E-state index in [-0.39, 0.29) is 54.3 Å². The summed E-state index contributed by atoms with van der Waals surface area (Å²) in [6.07, 6.45) is 13.5. The van der Waals surface area contributed by atoms with Crippen molar-refractivity contribution in [1.29, 1.82) is 0 Å². The van der Waals surface area contributed by atoms with Gasteiger partial charge in [-0.2, -0.15) is 0 Å². The fourth-order valence-corrected chi connectivity index (χ4v) is 5.31. The lowest BCUT2D eigenvalue weighted by Gasteiger charge is -2.31. The van der Waals surface area contributed by atoms with Crippen molar-refractivity contribution >= 4 is 23.3 Å². The molecule has 9 nitrogen and oxygen atoms in total. The Kier molecular flexibility index (Phi) is 13.4. The first-order chi connectivity index (χ1) is 17.6. The predicted octanol–water partition coefficient (Wildman–Crippen LogP) is 2.93. The van der Waals surface area contributed by atoms with Crippen LogP contribution in [0.5, 0.6) is 0 Å². The molecular weight excluding hydrogens is 484 g/mol. The molecule has 0 spiro atoms. The number of thiocarbonyl (C=S) groups is 1. The summed E-state index contributed by atoms with van der Waals surface area (Å²) in [5.41, 5.74) is 5.67. The number of ether oxygens (including phenoxy) is 5. The second-order valence-corrected chi connectivity index (χ2v) is 10.2. The highest BCUT2D eigenvalue weighted by atomic mass is 32.1. The number of aliphatic hydroxyl groups is 1. The number of hydrogen-bond acceptors (Lipinski definition) is 8. The lowest BCUT2D eigenvalue weighted by Crippen LogP contribution is -2.35. The van der Waals surface area contributed by atoms with E-state index in [1.807, 2.05) is 0 Å². The van der Waals surface area contributed by atoms with Gasteiger partial charge in [0, 0.05) is 38.5 Å². The first-order valence-corrected chi connectivity index (χ1v) is 14.0. The van der Waals surface area contributed by atoms with Crippen molar-refractivity contribution in [2.75, 3.05) is 33.0 Å². The maximum absolute atomic E-state index is 11.7. The van der Waals surface area contributed by atoms with Gasteiger partial charge in [0.05, 0.1) is 25.4 Å². The topological polar surface area (TPSA) is 122 Å². The highest BCUT2D eigenvalue weighted by Crippen LogP contribution is 2.41. The van der Waals surface area contributed by atoms with Crippen molar-refractivity contribution in [3.05, 3.63) is 12.2 Å². The van der Waals surface area contributed by atoms with E-state index in [9.17, 15) is 4.79 Å². The van der Waals surface area contributed by atoms with E-state index in [0.29, 0.717) is 19.6 Å². The minimum Gasteiger partial charge on any atom is -0.471 e. The van der Waals surface area contributed by atoms with Gasteiger partial charge in [0.1, 0.15) is 0 Å². The molecule has 3 rings (SSSR count). The molecule has 4 N–H and O–H groups in total. The number of amides is 1. The molecule has 2 unspecified atom stereocenters. The van der Waals surface area contributed by atoms with E-state index in [1.165, 1.54) is 0 Å². The van der Waals surface area contributed by atoms with E-state index in [2.05, 4.69) is 17.5 Å². The summed E-state index contributed by atoms with van der Waals surface area (Å²) in [5.74, 6) is 0.177. The average molecular weight is 529 g/mol. The first kappa shape index (κ1) is 29.3. The number of nitrogens with two attached hydrogens (primary N) is 1. The standard InChI is InChI=1S/C26H44N2O7S/c27-26(36)33-18-20-19(9-3-1-2-4-10-23(30)28-13-14-29)21(34-24-11-5-7-15-31-24)17-22(20)35-25-12-6-8-16-32-25/h1,3,19-22,24-25,29H,2,4-18H2,(H2,27,36)(H,28,30)/b3-1-/t19-,20-,21+,22-,24?,25?/m1/s1. The van der Waals surface area contributed by atoms with Crippen LogP contribution in [0.2, 0.25) is 0 Å². The maximum Gasteiger partial charge on any atom is 0.253 e. The van der Waals surface area contributed by atoms with Gasteiger partial charge < -0.3 is 39.8 Å². The number of unbranched alkanes of at least 4 members (excludes halogenated alkanes) is 1. The molecule has 1 amide bonds. The third kappa shape index (κ3) is 10.2. The van der Waals surface area contributed by atoms with Crippen LogP contribution < -0.4 is 11.1 Å². The molecule has 0 aromatic carbocycles. The largest absolute Gasteiger partial charge is 0.471 e. The maximum atomic E-state index is 11.7. The molecule has 2 saturated heterocycles. The smallest absolute Gasteiger partial charge is 0.253 e. The summed E-state index contributed by atoms with van der Waals surface area (Å²) in [6.45, 7) is 2.09. The van der Waals surface area contributed by atoms with Gasteiger partial charge in [0.2, 0.25) is 5.91 Å². The highest BCUT2D eigenvalue weighted by Gasteiger charge is 2.46. The fourth-order valence-electron chi connectivity index (χ4n) is 5.24. The molecule has 1 saturated carbocycles. The summed E-state index contributed by atoms with van der Waals surface area (Å²) < 4.78 is 30.3. The summed E-state index contributed by atoms with van der Waals surface area (Å²) in [7, 11) is 0. The Morgan fingerprint density at radius 1 is 1.03 bits per heavy atom. The number of carbonyl (C=O) groups excluding carboxylic acids is 1. The van der Waals surface area contributed by atoms with Crippen LogP contribution in [0.25, 0.3) is 0 Å². The number of carbonyl (C=O) groups is 1. The Labute approximate surface area is 220 Å². The van der Waals surface area contributed by atoms with Crippen molar-refractivity contribution in [2.24, 2.45) is 17.6 Å². The van der Waals surface area contributed by atoms with Crippen LogP contribution >= 0.6 is 12.2 Å². The summed E-state index contributed by atoms with van der Waals surface area (Å²) in [4.78, 5) is 11.7. The van der Waals surface area contributed by atoms with Crippen molar-refractivity contribution in [3.8, 4) is 0 Å². The zero-order chi connectivity index (χ0) is 25.6. The molecule has 3 fully saturated rings. The van der Waals surface area contributed by atoms with Crippen LogP contribution in [0.3, 0.4) is 0 Å². The van der Waals surface area contributed by atoms with Crippen molar-refractivity contribution in [2.45, 2.75) is 95.4 Å². The normalized spacial score (nSPS) is 30.9. The molecule has 1 aliphatic carbocycles. The number of rotatable bonds is 14. The third-order valence-electron chi connectivity index (χ3n) is 7.10. The van der Waals surface area contributed by atoms with Gasteiger partial charge in [0.25, 0.3) is 5.17 Å². The minimum absolute atomic E-state index is 0.0319. The Morgan fingerprint density at radius 3 is 2.28 bits per heavy atom. The van der Waals surface area contributed by atoms with Crippen molar-refractivity contribution < 1.29 is 33.6 Å². The Balaban J connectivity index is 1.61. The Bertz CT molecular complexity index is 683. The predicted molar refractivity (Wildman–Crippen MR) is 139 cm³/mol. The van der Waals surface area contributed by atoms with Crippen LogP contribution in [-0.2, 0) is 28.5 Å². The Morgan fingerprint density at radius 2 is 1.69 bits per heavy atom. The van der Waals surface area contributed by atoms with Crippen LogP contribution in [0.1, 0.15) is 70.6 Å². The van der Waals surface area contributed by atoms with Crippen molar-refractivity contribution in [3.63, 3.8) is 0 Å². The molecule has 6 atom stereocenters. The fraction of sp³-hybridized carbons (Fsp3) is 0.846. The number of aliphatic hydroxyl groups excluding tert-OH is 1. The second-order valence-electron chi connectivity index (χ2n) is 9.81. The van der Waals surface area contributed by atoms with Crippen LogP contribution in [0.4, 0.5) is 0 Å². The lowest BCUT2D eigenvalue weighted by atomic mass is 9.90. The van der Waals surface area contributed by atoms with E-state index in [1.54, 1.807) is 0 Å². The summed E-state index contributed by atoms with van der Waals surface area (Å²) >= 11 is 4.99. The van der Waals surface area contributed by atoms with Crippen molar-refractivity contribution in [1.82, 2.24) is 5.32 Å². The molecule has 0 aromatic rings. The number of allylic oxidation sites excluding steroid dienone is 2. The van der Waals surface area contributed by atoms with Gasteiger partial charge in [-0.3, -0.25) is 4.79 Å². The van der Waals surface area contributed by atoms with Gasteiger partial charge in [-0.25, -0.2) is 0 Å². The van der Waals surface area contributed by atoms with E-state index in [4.69, 9.17) is 46.7 Å². The highest BCUT2D eigenvalue weighted by molar-refractivity contribution is 7.80. The molecule has 0 aromatic heterocycles. The molecule has 206 valence electrons. The SMILES string of the molecule is NC(=S)OC[C@@H]1[C@@H](C/C=C\CCCC(=O)NCCO)[C@@H](OC2CCCCO2)C[C@H]1OC1CCCCO1. The zero-order valence-electron chi connectivity index (χ0n) is 21.3. The van der Waals surface area contributed by atoms with Gasteiger partial charge in [-0.1, -0.05) is 12.2 Å². The third-order valence-corrected chi connectivity index (χ3v) is 7.22. The monoisotopic (exact) mass is 528 g/mol. The molecule has 0 radical (unpaired) electrons. The van der Waals surface area contributed by atoms with E-state index < -0.39 is 0 Å². The lowest BCUT2D eigenvalue weighted by molar-refractivity contribution is -0.204. The van der Waals surface area contributed by atoms with Crippen LogP contribution in [0.15, 0.2) is 12.2 Å². The molecule has 2 heterocycles.